The fourth-order valence-electron chi connectivity index (χ4n) is 1.75. The molecule has 20 heavy (non-hydrogen) atoms. The van der Waals surface area contributed by atoms with Gasteiger partial charge < -0.3 is 5.32 Å². The Morgan fingerprint density at radius 3 is 2.40 bits per heavy atom. The van der Waals surface area contributed by atoms with Crippen molar-refractivity contribution in [2.24, 2.45) is 0 Å². The highest BCUT2D eigenvalue weighted by Crippen LogP contribution is 2.21. The summed E-state index contributed by atoms with van der Waals surface area (Å²) in [6.45, 7) is 0.642. The van der Waals surface area contributed by atoms with E-state index in [1.54, 1.807) is 12.4 Å². The lowest BCUT2D eigenvalue weighted by Crippen LogP contribution is -2.04. The lowest BCUT2D eigenvalue weighted by molar-refractivity contribution is 1.00. The molecule has 0 aliphatic heterocycles. The molecule has 102 valence electrons. The first-order valence-corrected chi connectivity index (χ1v) is 6.13. The van der Waals surface area contributed by atoms with Crippen molar-refractivity contribution in [3.8, 4) is 0 Å². The molecule has 0 radical (unpaired) electrons. The summed E-state index contributed by atoms with van der Waals surface area (Å²) in [6, 6.07) is 10.0. The summed E-state index contributed by atoms with van der Waals surface area (Å²) in [5.74, 6) is 0.580. The predicted octanol–water partition coefficient (Wildman–Crippen LogP) is 3.32. The van der Waals surface area contributed by atoms with Gasteiger partial charge in [-0.3, -0.25) is 0 Å². The Bertz CT molecular complexity index is 702. The summed E-state index contributed by atoms with van der Waals surface area (Å²) in [5.41, 5.74) is 2.32. The van der Waals surface area contributed by atoms with Crippen molar-refractivity contribution in [3.63, 3.8) is 0 Å². The standard InChI is InChI=1S/C13H10ClN5.CH4/c14-12-10-11(16-7-6-15-10)13(19-18-12)17-8-9-4-2-1-3-5-9;/h1-7H,8H2,(H,17,19);1H4. The van der Waals surface area contributed by atoms with Gasteiger partial charge in [-0.05, 0) is 5.56 Å². The highest BCUT2D eigenvalue weighted by Gasteiger charge is 2.09. The summed E-state index contributed by atoms with van der Waals surface area (Å²) in [5, 5.41) is 11.4. The molecular weight excluding hydrogens is 274 g/mol. The number of fused-ring (bicyclic) bond motifs is 1. The first kappa shape index (κ1) is 14.1. The molecule has 0 spiro atoms. The average Bonchev–Trinajstić information content (AvgIpc) is 2.48. The fourth-order valence-corrected chi connectivity index (χ4v) is 1.93. The number of nitrogens with one attached hydrogen (secondary N) is 1. The number of hydrogen-bond acceptors (Lipinski definition) is 5. The Labute approximate surface area is 122 Å². The van der Waals surface area contributed by atoms with Crippen LogP contribution in [0.2, 0.25) is 5.15 Å². The van der Waals surface area contributed by atoms with E-state index in [-0.39, 0.29) is 12.6 Å². The minimum atomic E-state index is 0. The van der Waals surface area contributed by atoms with E-state index in [9.17, 15) is 0 Å². The molecule has 0 fully saturated rings. The average molecular weight is 288 g/mol. The lowest BCUT2D eigenvalue weighted by atomic mass is 10.2. The van der Waals surface area contributed by atoms with Crippen molar-refractivity contribution in [3.05, 3.63) is 53.4 Å². The third kappa shape index (κ3) is 2.83. The first-order valence-electron chi connectivity index (χ1n) is 5.75. The Morgan fingerprint density at radius 2 is 1.65 bits per heavy atom. The van der Waals surface area contributed by atoms with E-state index < -0.39 is 0 Å². The molecule has 6 heteroatoms. The monoisotopic (exact) mass is 287 g/mol. The molecular formula is C14H14ClN5. The van der Waals surface area contributed by atoms with Crippen LogP contribution in [0.4, 0.5) is 5.82 Å². The Balaban J connectivity index is 0.00000147. The molecule has 0 bridgehead atoms. The van der Waals surface area contributed by atoms with Crippen LogP contribution < -0.4 is 5.32 Å². The van der Waals surface area contributed by atoms with Gasteiger partial charge in [0.25, 0.3) is 0 Å². The molecule has 1 N–H and O–H groups in total. The van der Waals surface area contributed by atoms with Crippen LogP contribution in [0.1, 0.15) is 13.0 Å². The van der Waals surface area contributed by atoms with Gasteiger partial charge in [0.05, 0.1) is 0 Å². The van der Waals surface area contributed by atoms with Crippen molar-refractivity contribution in [2.45, 2.75) is 14.0 Å². The summed E-state index contributed by atoms with van der Waals surface area (Å²) in [4.78, 5) is 8.40. The number of nitrogens with zero attached hydrogens (tertiary/aromatic N) is 4. The Morgan fingerprint density at radius 1 is 0.950 bits per heavy atom. The number of halogens is 1. The van der Waals surface area contributed by atoms with Gasteiger partial charge in [0.2, 0.25) is 0 Å². The van der Waals surface area contributed by atoms with Crippen LogP contribution >= 0.6 is 11.6 Å². The second-order valence-electron chi connectivity index (χ2n) is 3.93. The van der Waals surface area contributed by atoms with Crippen molar-refractivity contribution in [2.75, 3.05) is 5.32 Å². The molecule has 0 saturated carbocycles. The van der Waals surface area contributed by atoms with Crippen LogP contribution in [-0.2, 0) is 6.54 Å². The highest BCUT2D eigenvalue weighted by molar-refractivity contribution is 6.33. The third-order valence-corrected chi connectivity index (χ3v) is 2.91. The number of benzene rings is 1. The van der Waals surface area contributed by atoms with Gasteiger partial charge in [0, 0.05) is 18.9 Å². The minimum absolute atomic E-state index is 0. The second kappa shape index (κ2) is 6.25. The van der Waals surface area contributed by atoms with Gasteiger partial charge in [-0.25, -0.2) is 9.97 Å². The molecule has 1 aromatic carbocycles. The second-order valence-corrected chi connectivity index (χ2v) is 4.29. The minimum Gasteiger partial charge on any atom is -0.363 e. The van der Waals surface area contributed by atoms with E-state index in [0.29, 0.717) is 23.4 Å². The van der Waals surface area contributed by atoms with E-state index in [4.69, 9.17) is 11.6 Å². The summed E-state index contributed by atoms with van der Waals surface area (Å²) in [6.07, 6.45) is 3.19. The molecule has 5 nitrogen and oxygen atoms in total. The molecule has 0 amide bonds. The highest BCUT2D eigenvalue weighted by atomic mass is 35.5. The van der Waals surface area contributed by atoms with Gasteiger partial charge in [-0.15, -0.1) is 10.2 Å². The van der Waals surface area contributed by atoms with E-state index in [0.717, 1.165) is 5.56 Å². The predicted molar refractivity (Wildman–Crippen MR) is 80.6 cm³/mol. The Hall–Kier alpha value is -2.27. The number of aromatic nitrogens is 4. The van der Waals surface area contributed by atoms with Gasteiger partial charge in [0.1, 0.15) is 11.0 Å². The lowest BCUT2D eigenvalue weighted by Gasteiger charge is -2.07. The van der Waals surface area contributed by atoms with Crippen LogP contribution in [0.3, 0.4) is 0 Å². The third-order valence-electron chi connectivity index (χ3n) is 2.66. The number of hydrogen-bond donors (Lipinski definition) is 1. The van der Waals surface area contributed by atoms with Crippen molar-refractivity contribution in [1.82, 2.24) is 20.2 Å². The quantitative estimate of drug-likeness (QED) is 0.800. The zero-order chi connectivity index (χ0) is 13.1. The van der Waals surface area contributed by atoms with E-state index in [1.165, 1.54) is 0 Å². The van der Waals surface area contributed by atoms with Crippen molar-refractivity contribution < 1.29 is 0 Å². The fraction of sp³-hybridized carbons (Fsp3) is 0.143. The molecule has 3 aromatic rings. The largest absolute Gasteiger partial charge is 0.363 e. The molecule has 0 atom stereocenters. The molecule has 0 aliphatic rings. The maximum absolute atomic E-state index is 5.94. The van der Waals surface area contributed by atoms with Crippen molar-refractivity contribution >= 4 is 28.5 Å². The summed E-state index contributed by atoms with van der Waals surface area (Å²) >= 11 is 5.94. The van der Waals surface area contributed by atoms with E-state index in [1.807, 2.05) is 30.3 Å². The Kier molecular flexibility index (Phi) is 4.42. The van der Waals surface area contributed by atoms with Crippen LogP contribution in [0.15, 0.2) is 42.7 Å². The first-order chi connectivity index (χ1) is 9.34. The van der Waals surface area contributed by atoms with Gasteiger partial charge in [-0.1, -0.05) is 49.4 Å². The molecule has 0 aliphatic carbocycles. The molecule has 2 heterocycles. The van der Waals surface area contributed by atoms with Crippen molar-refractivity contribution in [1.29, 1.82) is 0 Å². The topological polar surface area (TPSA) is 63.6 Å². The SMILES string of the molecule is C.Clc1nnc(NCc2ccccc2)c2nccnc12. The molecule has 0 unspecified atom stereocenters. The van der Waals surface area contributed by atoms with Crippen LogP contribution in [-0.4, -0.2) is 20.2 Å². The van der Waals surface area contributed by atoms with Crippen LogP contribution in [0, 0.1) is 0 Å². The smallest absolute Gasteiger partial charge is 0.179 e. The van der Waals surface area contributed by atoms with E-state index >= 15 is 0 Å². The van der Waals surface area contributed by atoms with Gasteiger partial charge in [-0.2, -0.15) is 0 Å². The van der Waals surface area contributed by atoms with Crippen LogP contribution in [0.5, 0.6) is 0 Å². The molecule has 2 aromatic heterocycles. The van der Waals surface area contributed by atoms with Crippen LogP contribution in [0.25, 0.3) is 11.0 Å². The van der Waals surface area contributed by atoms with Gasteiger partial charge >= 0.3 is 0 Å². The zero-order valence-corrected chi connectivity index (χ0v) is 10.7. The van der Waals surface area contributed by atoms with E-state index in [2.05, 4.69) is 25.5 Å². The number of rotatable bonds is 3. The zero-order valence-electron chi connectivity index (χ0n) is 9.92. The number of anilines is 1. The normalized spacial score (nSPS) is 10.1. The maximum atomic E-state index is 5.94. The molecule has 3 rings (SSSR count). The maximum Gasteiger partial charge on any atom is 0.179 e. The summed E-state index contributed by atoms with van der Waals surface area (Å²) < 4.78 is 0. The summed E-state index contributed by atoms with van der Waals surface area (Å²) in [7, 11) is 0. The molecule has 0 saturated heterocycles. The van der Waals surface area contributed by atoms with Gasteiger partial charge in [0.15, 0.2) is 11.0 Å².